The first-order valence-electron chi connectivity index (χ1n) is 10.7. The Balaban J connectivity index is 1.34. The van der Waals surface area contributed by atoms with Crippen LogP contribution in [0.1, 0.15) is 39.3 Å². The summed E-state index contributed by atoms with van der Waals surface area (Å²) in [6, 6.07) is 9.59. The van der Waals surface area contributed by atoms with Gasteiger partial charge in [0.15, 0.2) is 11.5 Å². The second kappa shape index (κ2) is 8.22. The molecule has 1 atom stereocenters. The van der Waals surface area contributed by atoms with E-state index in [2.05, 4.69) is 15.6 Å². The highest BCUT2D eigenvalue weighted by atomic mass is 16.5. The van der Waals surface area contributed by atoms with Crippen LogP contribution in [0.15, 0.2) is 36.4 Å². The van der Waals surface area contributed by atoms with Gasteiger partial charge >= 0.3 is 0 Å². The van der Waals surface area contributed by atoms with Crippen LogP contribution in [0.25, 0.3) is 10.9 Å². The van der Waals surface area contributed by atoms with Crippen molar-refractivity contribution in [1.82, 2.24) is 15.2 Å². The van der Waals surface area contributed by atoms with Crippen molar-refractivity contribution in [2.24, 2.45) is 0 Å². The molecule has 4 amide bonds. The van der Waals surface area contributed by atoms with E-state index in [0.717, 1.165) is 10.9 Å². The molecule has 3 N–H and O–H groups in total. The summed E-state index contributed by atoms with van der Waals surface area (Å²) < 4.78 is 10.6. The van der Waals surface area contributed by atoms with Gasteiger partial charge in [-0.25, -0.2) is 0 Å². The van der Waals surface area contributed by atoms with Crippen LogP contribution in [-0.4, -0.2) is 53.8 Å². The zero-order chi connectivity index (χ0) is 24.0. The maximum Gasteiger partial charge on any atom is 0.272 e. The SMILES string of the molecule is COc1cc2cc(C(=O)Nc3ccc4c(c3)CN(C3CCC(=O)NC3=O)C4=O)[nH]c2cc1OC. The third-order valence-electron chi connectivity index (χ3n) is 6.15. The number of nitrogens with zero attached hydrogens (tertiary/aromatic N) is 1. The van der Waals surface area contributed by atoms with Crippen molar-refractivity contribution in [3.05, 3.63) is 53.2 Å². The number of carbonyl (C=O) groups is 4. The number of H-pyrrole nitrogens is 1. The van der Waals surface area contributed by atoms with Crippen LogP contribution in [-0.2, 0) is 16.1 Å². The van der Waals surface area contributed by atoms with E-state index in [1.165, 1.54) is 4.90 Å². The number of ether oxygens (including phenoxy) is 2. The molecule has 1 fully saturated rings. The average molecular weight is 462 g/mol. The van der Waals surface area contributed by atoms with Crippen molar-refractivity contribution < 1.29 is 28.7 Å². The van der Waals surface area contributed by atoms with Gasteiger partial charge in [0.25, 0.3) is 11.8 Å². The number of nitrogens with one attached hydrogen (secondary N) is 3. The number of aromatic amines is 1. The topological polar surface area (TPSA) is 130 Å². The first kappa shape index (κ1) is 21.5. The van der Waals surface area contributed by atoms with Crippen LogP contribution < -0.4 is 20.1 Å². The fourth-order valence-electron chi connectivity index (χ4n) is 4.43. The number of carbonyl (C=O) groups excluding carboxylic acids is 4. The Hall–Kier alpha value is -4.34. The van der Waals surface area contributed by atoms with Crippen molar-refractivity contribution in [1.29, 1.82) is 0 Å². The van der Waals surface area contributed by atoms with E-state index < -0.39 is 11.9 Å². The van der Waals surface area contributed by atoms with Gasteiger partial charge in [0, 0.05) is 41.2 Å². The number of imide groups is 1. The minimum atomic E-state index is -0.684. The highest BCUT2D eigenvalue weighted by Crippen LogP contribution is 2.33. The molecule has 1 aromatic heterocycles. The first-order valence-corrected chi connectivity index (χ1v) is 10.7. The number of anilines is 1. The molecule has 2 aliphatic rings. The summed E-state index contributed by atoms with van der Waals surface area (Å²) >= 11 is 0. The monoisotopic (exact) mass is 462 g/mol. The van der Waals surface area contributed by atoms with Crippen LogP contribution in [0.3, 0.4) is 0 Å². The Morgan fingerprint density at radius 1 is 1.06 bits per heavy atom. The minimum absolute atomic E-state index is 0.195. The lowest BCUT2D eigenvalue weighted by Gasteiger charge is -2.29. The van der Waals surface area contributed by atoms with E-state index in [0.29, 0.717) is 40.4 Å². The number of piperidine rings is 1. The fourth-order valence-corrected chi connectivity index (χ4v) is 4.43. The molecule has 2 aliphatic heterocycles. The van der Waals surface area contributed by atoms with Crippen LogP contribution in [0.4, 0.5) is 5.69 Å². The Kier molecular flexibility index (Phi) is 5.20. The molecule has 0 saturated carbocycles. The van der Waals surface area contributed by atoms with E-state index in [9.17, 15) is 19.2 Å². The standard InChI is InChI=1S/C24H22N4O6/c1-33-19-9-12-8-17(26-16(12)10-20(19)34-2)22(30)25-14-3-4-15-13(7-14)11-28(24(15)32)18-5-6-21(29)27-23(18)31/h3-4,7-10,18,26H,5-6,11H2,1-2H3,(H,25,30)(H,27,29,31). The molecule has 0 radical (unpaired) electrons. The van der Waals surface area contributed by atoms with E-state index in [4.69, 9.17) is 9.47 Å². The van der Waals surface area contributed by atoms with Gasteiger partial charge in [0.1, 0.15) is 11.7 Å². The largest absolute Gasteiger partial charge is 0.493 e. The smallest absolute Gasteiger partial charge is 0.272 e. The van der Waals surface area contributed by atoms with Crippen LogP contribution in [0, 0.1) is 0 Å². The molecule has 5 rings (SSSR count). The number of methoxy groups -OCH3 is 2. The molecule has 0 spiro atoms. The molecule has 2 aromatic carbocycles. The Bertz CT molecular complexity index is 1320. The molecule has 0 aliphatic carbocycles. The van der Waals surface area contributed by atoms with E-state index in [1.54, 1.807) is 50.6 Å². The molecule has 1 unspecified atom stereocenters. The van der Waals surface area contributed by atoms with Crippen molar-refractivity contribution in [3.63, 3.8) is 0 Å². The second-order valence-electron chi connectivity index (χ2n) is 8.20. The molecule has 34 heavy (non-hydrogen) atoms. The Labute approximate surface area is 194 Å². The van der Waals surface area contributed by atoms with Crippen LogP contribution in [0.5, 0.6) is 11.5 Å². The van der Waals surface area contributed by atoms with Crippen molar-refractivity contribution in [2.75, 3.05) is 19.5 Å². The molecule has 3 heterocycles. The van der Waals surface area contributed by atoms with Gasteiger partial charge in [0.2, 0.25) is 11.8 Å². The van der Waals surface area contributed by atoms with Crippen molar-refractivity contribution in [2.45, 2.75) is 25.4 Å². The lowest BCUT2D eigenvalue weighted by molar-refractivity contribution is -0.136. The summed E-state index contributed by atoms with van der Waals surface area (Å²) in [7, 11) is 3.09. The Morgan fingerprint density at radius 3 is 2.56 bits per heavy atom. The first-order chi connectivity index (χ1) is 16.4. The summed E-state index contributed by atoms with van der Waals surface area (Å²) in [6.45, 7) is 0.232. The van der Waals surface area contributed by atoms with Gasteiger partial charge in [-0.05, 0) is 42.3 Å². The minimum Gasteiger partial charge on any atom is -0.493 e. The average Bonchev–Trinajstić information content (AvgIpc) is 3.38. The maximum absolute atomic E-state index is 12.9. The number of aromatic nitrogens is 1. The summed E-state index contributed by atoms with van der Waals surface area (Å²) in [5.74, 6) is -0.291. The van der Waals surface area contributed by atoms with E-state index >= 15 is 0 Å². The third-order valence-corrected chi connectivity index (χ3v) is 6.15. The molecular formula is C24H22N4O6. The zero-order valence-electron chi connectivity index (χ0n) is 18.6. The summed E-state index contributed by atoms with van der Waals surface area (Å²) in [5.41, 5.74) is 2.79. The summed E-state index contributed by atoms with van der Waals surface area (Å²) in [6.07, 6.45) is 0.490. The number of hydrogen-bond acceptors (Lipinski definition) is 6. The molecule has 1 saturated heterocycles. The van der Waals surface area contributed by atoms with Crippen molar-refractivity contribution in [3.8, 4) is 11.5 Å². The Morgan fingerprint density at radius 2 is 1.82 bits per heavy atom. The second-order valence-corrected chi connectivity index (χ2v) is 8.20. The number of benzene rings is 2. The molecule has 174 valence electrons. The molecule has 10 nitrogen and oxygen atoms in total. The number of fused-ring (bicyclic) bond motifs is 2. The summed E-state index contributed by atoms with van der Waals surface area (Å²) in [5, 5.41) is 5.92. The molecule has 10 heteroatoms. The highest BCUT2D eigenvalue weighted by molar-refractivity contribution is 6.08. The quantitative estimate of drug-likeness (QED) is 0.499. The molecular weight excluding hydrogens is 440 g/mol. The molecule has 3 aromatic rings. The predicted octanol–water partition coefficient (Wildman–Crippen LogP) is 2.20. The van der Waals surface area contributed by atoms with E-state index in [1.807, 2.05) is 0 Å². The molecule has 0 bridgehead atoms. The lowest BCUT2D eigenvalue weighted by atomic mass is 10.0. The number of amides is 4. The van der Waals surface area contributed by atoms with Gasteiger partial charge in [-0.3, -0.25) is 24.5 Å². The third kappa shape index (κ3) is 3.62. The van der Waals surface area contributed by atoms with Gasteiger partial charge < -0.3 is 24.7 Å². The highest BCUT2D eigenvalue weighted by Gasteiger charge is 2.39. The zero-order valence-corrected chi connectivity index (χ0v) is 18.6. The maximum atomic E-state index is 12.9. The van der Waals surface area contributed by atoms with Crippen LogP contribution in [0.2, 0.25) is 0 Å². The predicted molar refractivity (Wildman–Crippen MR) is 122 cm³/mol. The fraction of sp³-hybridized carbons (Fsp3) is 0.250. The van der Waals surface area contributed by atoms with E-state index in [-0.39, 0.29) is 30.7 Å². The summed E-state index contributed by atoms with van der Waals surface area (Å²) in [4.78, 5) is 53.9. The van der Waals surface area contributed by atoms with Crippen LogP contribution >= 0.6 is 0 Å². The van der Waals surface area contributed by atoms with Gasteiger partial charge in [0.05, 0.1) is 14.2 Å². The van der Waals surface area contributed by atoms with Gasteiger partial charge in [-0.2, -0.15) is 0 Å². The van der Waals surface area contributed by atoms with Gasteiger partial charge in [-0.15, -0.1) is 0 Å². The normalized spacial score (nSPS) is 17.5. The number of rotatable bonds is 5. The number of hydrogen-bond donors (Lipinski definition) is 3. The lowest BCUT2D eigenvalue weighted by Crippen LogP contribution is -2.52. The van der Waals surface area contributed by atoms with Gasteiger partial charge in [-0.1, -0.05) is 0 Å². The van der Waals surface area contributed by atoms with Crippen molar-refractivity contribution >= 4 is 40.2 Å².